The van der Waals surface area contributed by atoms with Crippen LogP contribution in [-0.2, 0) is 0 Å². The largest absolute Gasteiger partial charge is 0.117 e. The molecule has 3 aliphatic rings. The highest BCUT2D eigenvalue weighted by Crippen LogP contribution is 2.67. The summed E-state index contributed by atoms with van der Waals surface area (Å²) in [6, 6.07) is 0. The standard InChI is InChI=1S/C16H20S2/c1-9-11(3)17-15(5)13(9)7-8-14-10(2)12(4)18-16(14,15)6/h7-8H,1-6H3/t15-,16-/m1/s1. The van der Waals surface area contributed by atoms with E-state index < -0.39 is 0 Å². The number of fused-ring (bicyclic) bond motifs is 3. The lowest BCUT2D eigenvalue weighted by molar-refractivity contribution is 0.611. The van der Waals surface area contributed by atoms with Gasteiger partial charge in [0, 0.05) is 0 Å². The van der Waals surface area contributed by atoms with Crippen LogP contribution in [0.5, 0.6) is 0 Å². The molecule has 1 aliphatic carbocycles. The lowest BCUT2D eigenvalue weighted by Gasteiger charge is -2.45. The molecule has 0 unspecified atom stereocenters. The number of thioether (sulfide) groups is 2. The summed E-state index contributed by atoms with van der Waals surface area (Å²) in [5.74, 6) is 0. The van der Waals surface area contributed by atoms with Crippen LogP contribution in [-0.4, -0.2) is 9.49 Å². The molecule has 0 aromatic carbocycles. The second kappa shape index (κ2) is 3.61. The average Bonchev–Trinajstić information content (AvgIpc) is 2.65. The van der Waals surface area contributed by atoms with Crippen LogP contribution in [0.1, 0.15) is 41.5 Å². The van der Waals surface area contributed by atoms with Crippen LogP contribution >= 0.6 is 23.5 Å². The van der Waals surface area contributed by atoms with Crippen molar-refractivity contribution in [3.8, 4) is 0 Å². The van der Waals surface area contributed by atoms with Gasteiger partial charge in [-0.25, -0.2) is 0 Å². The van der Waals surface area contributed by atoms with Crippen molar-refractivity contribution in [2.24, 2.45) is 0 Å². The lowest BCUT2D eigenvalue weighted by atomic mass is 9.74. The first-order valence-corrected chi connectivity index (χ1v) is 8.11. The quantitative estimate of drug-likeness (QED) is 0.577. The van der Waals surface area contributed by atoms with Crippen molar-refractivity contribution in [3.05, 3.63) is 44.3 Å². The van der Waals surface area contributed by atoms with Crippen molar-refractivity contribution >= 4 is 23.5 Å². The molecule has 0 radical (unpaired) electrons. The highest BCUT2D eigenvalue weighted by molar-refractivity contribution is 8.09. The van der Waals surface area contributed by atoms with Gasteiger partial charge >= 0.3 is 0 Å². The van der Waals surface area contributed by atoms with Gasteiger partial charge in [0.25, 0.3) is 0 Å². The number of rotatable bonds is 0. The molecule has 0 aromatic rings. The second-order valence-corrected chi connectivity index (χ2v) is 9.06. The maximum Gasteiger partial charge on any atom is 0.0614 e. The predicted octanol–water partition coefficient (Wildman–Crippen LogP) is 5.45. The van der Waals surface area contributed by atoms with Crippen molar-refractivity contribution in [2.45, 2.75) is 51.0 Å². The van der Waals surface area contributed by atoms with Gasteiger partial charge in [-0.3, -0.25) is 0 Å². The van der Waals surface area contributed by atoms with Crippen LogP contribution in [0.25, 0.3) is 0 Å². The van der Waals surface area contributed by atoms with Crippen molar-refractivity contribution < 1.29 is 0 Å². The fraction of sp³-hybridized carbons (Fsp3) is 0.500. The summed E-state index contributed by atoms with van der Waals surface area (Å²) < 4.78 is 0.379. The molecule has 96 valence electrons. The third-order valence-corrected chi connectivity index (χ3v) is 8.36. The molecule has 0 N–H and O–H groups in total. The van der Waals surface area contributed by atoms with E-state index in [1.54, 1.807) is 0 Å². The third kappa shape index (κ3) is 1.26. The first-order chi connectivity index (χ1) is 8.31. The van der Waals surface area contributed by atoms with Crippen LogP contribution in [0.3, 0.4) is 0 Å². The van der Waals surface area contributed by atoms with Crippen LogP contribution in [0, 0.1) is 0 Å². The molecule has 0 bridgehead atoms. The molecule has 0 aromatic heterocycles. The fourth-order valence-corrected chi connectivity index (χ4v) is 6.69. The van der Waals surface area contributed by atoms with Gasteiger partial charge in [0.15, 0.2) is 0 Å². The van der Waals surface area contributed by atoms with Gasteiger partial charge in [-0.15, -0.1) is 23.5 Å². The number of hydrogen-bond acceptors (Lipinski definition) is 2. The van der Waals surface area contributed by atoms with Gasteiger partial charge in [0.05, 0.1) is 9.49 Å². The van der Waals surface area contributed by atoms with Gasteiger partial charge in [0.2, 0.25) is 0 Å². The summed E-state index contributed by atoms with van der Waals surface area (Å²) in [7, 11) is 0. The highest BCUT2D eigenvalue weighted by Gasteiger charge is 2.57. The SMILES string of the molecule is CC1=C(C)C2=CC=C3C(C)=C(C)S[C@@]3(C)[C@]2(C)S1. The molecule has 2 heterocycles. The van der Waals surface area contributed by atoms with Crippen molar-refractivity contribution in [1.82, 2.24) is 0 Å². The molecule has 0 amide bonds. The van der Waals surface area contributed by atoms with Crippen molar-refractivity contribution in [3.63, 3.8) is 0 Å². The molecule has 2 atom stereocenters. The molecule has 2 heteroatoms. The van der Waals surface area contributed by atoms with Crippen molar-refractivity contribution in [1.29, 1.82) is 0 Å². The lowest BCUT2D eigenvalue weighted by Crippen LogP contribution is -2.46. The Hall–Kier alpha value is -0.340. The van der Waals surface area contributed by atoms with E-state index in [9.17, 15) is 0 Å². The Bertz CT molecular complexity index is 522. The molecule has 0 saturated carbocycles. The van der Waals surface area contributed by atoms with E-state index in [4.69, 9.17) is 0 Å². The summed E-state index contributed by atoms with van der Waals surface area (Å²) in [4.78, 5) is 2.98. The molecule has 0 fully saturated rings. The zero-order chi connectivity index (χ0) is 13.3. The minimum Gasteiger partial charge on any atom is -0.117 e. The minimum absolute atomic E-state index is 0.189. The van der Waals surface area contributed by atoms with Gasteiger partial charge < -0.3 is 0 Å². The Morgan fingerprint density at radius 3 is 1.39 bits per heavy atom. The smallest absolute Gasteiger partial charge is 0.0614 e. The van der Waals surface area contributed by atoms with E-state index >= 15 is 0 Å². The van der Waals surface area contributed by atoms with E-state index in [1.807, 2.05) is 0 Å². The van der Waals surface area contributed by atoms with Crippen LogP contribution in [0.15, 0.2) is 44.3 Å². The van der Waals surface area contributed by atoms with E-state index in [1.165, 1.54) is 32.1 Å². The molecule has 18 heavy (non-hydrogen) atoms. The Labute approximate surface area is 119 Å². The Morgan fingerprint density at radius 2 is 1.06 bits per heavy atom. The number of allylic oxidation sites excluding steroid dienone is 6. The average molecular weight is 276 g/mol. The maximum atomic E-state index is 2.43. The Kier molecular flexibility index (Phi) is 2.54. The molecule has 2 aliphatic heterocycles. The van der Waals surface area contributed by atoms with E-state index in [0.29, 0.717) is 0 Å². The second-order valence-electron chi connectivity index (χ2n) is 5.79. The molecule has 0 saturated heterocycles. The topological polar surface area (TPSA) is 0 Å². The summed E-state index contributed by atoms with van der Waals surface area (Å²) in [5.41, 5.74) is 6.04. The zero-order valence-electron chi connectivity index (χ0n) is 12.0. The zero-order valence-corrected chi connectivity index (χ0v) is 13.6. The van der Waals surface area contributed by atoms with E-state index in [0.717, 1.165) is 0 Å². The van der Waals surface area contributed by atoms with Crippen LogP contribution < -0.4 is 0 Å². The normalized spacial score (nSPS) is 38.8. The van der Waals surface area contributed by atoms with E-state index in [2.05, 4.69) is 77.2 Å². The number of hydrogen-bond donors (Lipinski definition) is 0. The molecule has 3 rings (SSSR count). The van der Waals surface area contributed by atoms with E-state index in [-0.39, 0.29) is 9.49 Å². The third-order valence-electron chi connectivity index (χ3n) is 4.93. The summed E-state index contributed by atoms with van der Waals surface area (Å²) >= 11 is 4.12. The Morgan fingerprint density at radius 1 is 0.722 bits per heavy atom. The molecule has 0 nitrogen and oxygen atoms in total. The van der Waals surface area contributed by atoms with Gasteiger partial charge in [-0.05, 0) is 73.6 Å². The maximum absolute atomic E-state index is 2.43. The molecular formula is C16H20S2. The van der Waals surface area contributed by atoms with Crippen LogP contribution in [0.2, 0.25) is 0 Å². The first-order valence-electron chi connectivity index (χ1n) is 6.48. The van der Waals surface area contributed by atoms with Gasteiger partial charge in [-0.2, -0.15) is 0 Å². The van der Waals surface area contributed by atoms with Crippen molar-refractivity contribution in [2.75, 3.05) is 0 Å². The van der Waals surface area contributed by atoms with Gasteiger partial charge in [0.1, 0.15) is 0 Å². The monoisotopic (exact) mass is 276 g/mol. The summed E-state index contributed by atoms with van der Waals surface area (Å²) in [6.45, 7) is 13.9. The van der Waals surface area contributed by atoms with Gasteiger partial charge in [-0.1, -0.05) is 12.2 Å². The fourth-order valence-electron chi connectivity index (χ4n) is 3.41. The minimum atomic E-state index is 0.189. The highest BCUT2D eigenvalue weighted by atomic mass is 32.2. The molecular weight excluding hydrogens is 256 g/mol. The summed E-state index contributed by atoms with van der Waals surface area (Å²) in [6.07, 6.45) is 4.72. The van der Waals surface area contributed by atoms with Crippen LogP contribution in [0.4, 0.5) is 0 Å². The first kappa shape index (κ1) is 12.7. The predicted molar refractivity (Wildman–Crippen MR) is 84.9 cm³/mol. The molecule has 0 spiro atoms. The summed E-state index contributed by atoms with van der Waals surface area (Å²) in [5, 5.41) is 0. The Balaban J connectivity index is 2.21.